The molecule has 35 heavy (non-hydrogen) atoms. The van der Waals surface area contributed by atoms with Crippen molar-refractivity contribution in [2.75, 3.05) is 13.1 Å². The van der Waals surface area contributed by atoms with Crippen LogP contribution in [0.15, 0.2) is 77.3 Å². The third-order valence-electron chi connectivity index (χ3n) is 6.45. The van der Waals surface area contributed by atoms with Crippen LogP contribution in [0.3, 0.4) is 0 Å². The second-order valence-electron chi connectivity index (χ2n) is 8.94. The Kier molecular flexibility index (Phi) is 6.23. The number of nitrogens with one attached hydrogen (secondary N) is 1. The topological polar surface area (TPSA) is 80.4 Å². The number of carbonyl (C=O) groups is 2. The molecule has 0 unspecified atom stereocenters. The molecule has 3 heterocycles. The van der Waals surface area contributed by atoms with Gasteiger partial charge in [0.05, 0.1) is 11.3 Å². The van der Waals surface area contributed by atoms with Gasteiger partial charge in [-0.3, -0.25) is 9.59 Å². The number of piperidine rings is 1. The third-order valence-corrected chi connectivity index (χ3v) is 6.45. The van der Waals surface area contributed by atoms with Crippen LogP contribution in [0.2, 0.25) is 0 Å². The SMILES string of the molecule is Cc1ccc(-c2nn(-c3ccccc3)cc2C(=O)N2CCC(NC(=O)c3ccccc3C)CC2)o1. The van der Waals surface area contributed by atoms with E-state index in [1.807, 2.05) is 85.5 Å². The van der Waals surface area contributed by atoms with Crippen molar-refractivity contribution in [3.63, 3.8) is 0 Å². The molecule has 1 saturated heterocycles. The van der Waals surface area contributed by atoms with Crippen LogP contribution in [0.25, 0.3) is 17.1 Å². The van der Waals surface area contributed by atoms with Gasteiger partial charge in [0.25, 0.3) is 11.8 Å². The van der Waals surface area contributed by atoms with Crippen molar-refractivity contribution in [3.8, 4) is 17.1 Å². The molecule has 0 saturated carbocycles. The fraction of sp³-hybridized carbons (Fsp3) is 0.250. The summed E-state index contributed by atoms with van der Waals surface area (Å²) < 4.78 is 7.53. The fourth-order valence-electron chi connectivity index (χ4n) is 4.48. The van der Waals surface area contributed by atoms with Crippen LogP contribution in [0, 0.1) is 13.8 Å². The van der Waals surface area contributed by atoms with Crippen LogP contribution in [0.1, 0.15) is 44.9 Å². The number of nitrogens with zero attached hydrogens (tertiary/aromatic N) is 3. The lowest BCUT2D eigenvalue weighted by Crippen LogP contribution is -2.46. The van der Waals surface area contributed by atoms with E-state index in [0.717, 1.165) is 17.0 Å². The van der Waals surface area contributed by atoms with E-state index in [-0.39, 0.29) is 17.9 Å². The molecule has 0 aliphatic carbocycles. The monoisotopic (exact) mass is 468 g/mol. The Balaban J connectivity index is 1.32. The summed E-state index contributed by atoms with van der Waals surface area (Å²) in [6.45, 7) is 4.93. The maximum atomic E-state index is 13.6. The van der Waals surface area contributed by atoms with Crippen molar-refractivity contribution < 1.29 is 14.0 Å². The minimum absolute atomic E-state index is 0.0328. The van der Waals surface area contributed by atoms with Crippen molar-refractivity contribution in [3.05, 3.63) is 95.4 Å². The van der Waals surface area contributed by atoms with Crippen LogP contribution in [-0.2, 0) is 0 Å². The van der Waals surface area contributed by atoms with Crippen molar-refractivity contribution in [2.45, 2.75) is 32.7 Å². The van der Waals surface area contributed by atoms with E-state index in [4.69, 9.17) is 9.52 Å². The van der Waals surface area contributed by atoms with Gasteiger partial charge in [-0.05, 0) is 62.6 Å². The van der Waals surface area contributed by atoms with Gasteiger partial charge in [0, 0.05) is 30.9 Å². The average molecular weight is 469 g/mol. The van der Waals surface area contributed by atoms with Crippen LogP contribution >= 0.6 is 0 Å². The number of benzene rings is 2. The Labute approximate surface area is 204 Å². The standard InChI is InChI=1S/C28H28N4O3/c1-19-8-6-7-11-23(19)27(33)29-21-14-16-31(17-15-21)28(34)24-18-32(22-9-4-3-5-10-22)30-26(24)25-13-12-20(2)35-25/h3-13,18,21H,14-17H2,1-2H3,(H,29,33). The number of aromatic nitrogens is 2. The summed E-state index contributed by atoms with van der Waals surface area (Å²) >= 11 is 0. The van der Waals surface area contributed by atoms with Gasteiger partial charge in [-0.25, -0.2) is 4.68 Å². The molecule has 7 nitrogen and oxygen atoms in total. The zero-order valence-electron chi connectivity index (χ0n) is 19.9. The first-order chi connectivity index (χ1) is 17.0. The fourth-order valence-corrected chi connectivity index (χ4v) is 4.48. The predicted octanol–water partition coefficient (Wildman–Crippen LogP) is 4.78. The Morgan fingerprint density at radius 1 is 0.914 bits per heavy atom. The Morgan fingerprint density at radius 2 is 1.63 bits per heavy atom. The number of aryl methyl sites for hydroxylation is 2. The molecule has 0 spiro atoms. The number of amides is 2. The normalized spacial score (nSPS) is 14.2. The molecule has 2 amide bonds. The molecule has 0 atom stereocenters. The maximum absolute atomic E-state index is 13.6. The highest BCUT2D eigenvalue weighted by Gasteiger charge is 2.29. The van der Waals surface area contributed by atoms with Crippen molar-refractivity contribution in [2.24, 2.45) is 0 Å². The predicted molar refractivity (Wildman–Crippen MR) is 134 cm³/mol. The molecule has 0 radical (unpaired) electrons. The van der Waals surface area contributed by atoms with E-state index >= 15 is 0 Å². The van der Waals surface area contributed by atoms with Crippen LogP contribution in [0.4, 0.5) is 0 Å². The van der Waals surface area contributed by atoms with Crippen LogP contribution in [-0.4, -0.2) is 45.6 Å². The van der Waals surface area contributed by atoms with Gasteiger partial charge >= 0.3 is 0 Å². The van der Waals surface area contributed by atoms with Gasteiger partial charge in [0.15, 0.2) is 5.76 Å². The number of hydrogen-bond donors (Lipinski definition) is 1. The first-order valence-electron chi connectivity index (χ1n) is 11.9. The quantitative estimate of drug-likeness (QED) is 0.457. The van der Waals surface area contributed by atoms with Crippen LogP contribution < -0.4 is 5.32 Å². The number of furan rings is 1. The van der Waals surface area contributed by atoms with Gasteiger partial charge in [-0.2, -0.15) is 5.10 Å². The lowest BCUT2D eigenvalue weighted by Gasteiger charge is -2.32. The second-order valence-corrected chi connectivity index (χ2v) is 8.94. The van der Waals surface area contributed by atoms with Gasteiger partial charge in [-0.15, -0.1) is 0 Å². The smallest absolute Gasteiger partial charge is 0.257 e. The van der Waals surface area contributed by atoms with E-state index in [2.05, 4.69) is 5.32 Å². The molecule has 1 fully saturated rings. The summed E-state index contributed by atoms with van der Waals surface area (Å²) in [4.78, 5) is 28.1. The minimum atomic E-state index is -0.0834. The molecule has 1 aliphatic heterocycles. The molecule has 4 aromatic rings. The van der Waals surface area contributed by atoms with Crippen molar-refractivity contribution in [1.29, 1.82) is 0 Å². The molecular formula is C28H28N4O3. The lowest BCUT2D eigenvalue weighted by atomic mass is 10.0. The van der Waals surface area contributed by atoms with E-state index in [9.17, 15) is 9.59 Å². The third kappa shape index (κ3) is 4.75. The molecule has 5 rings (SSSR count). The van der Waals surface area contributed by atoms with Gasteiger partial charge < -0.3 is 14.6 Å². The summed E-state index contributed by atoms with van der Waals surface area (Å²) in [5, 5.41) is 7.83. The molecule has 2 aromatic carbocycles. The van der Waals surface area contributed by atoms with E-state index in [1.54, 1.807) is 10.9 Å². The summed E-state index contributed by atoms with van der Waals surface area (Å²) in [7, 11) is 0. The molecule has 7 heteroatoms. The molecule has 0 bridgehead atoms. The Bertz CT molecular complexity index is 1350. The van der Waals surface area contributed by atoms with E-state index in [0.29, 0.717) is 48.5 Å². The minimum Gasteiger partial charge on any atom is -0.460 e. The number of hydrogen-bond acceptors (Lipinski definition) is 4. The van der Waals surface area contributed by atoms with Gasteiger partial charge in [-0.1, -0.05) is 36.4 Å². The zero-order chi connectivity index (χ0) is 24.4. The molecule has 2 aromatic heterocycles. The van der Waals surface area contributed by atoms with Gasteiger partial charge in [0.2, 0.25) is 0 Å². The number of carbonyl (C=O) groups excluding carboxylic acids is 2. The van der Waals surface area contributed by atoms with Gasteiger partial charge in [0.1, 0.15) is 11.5 Å². The molecular weight excluding hydrogens is 440 g/mol. The summed E-state index contributed by atoms with van der Waals surface area (Å²) in [6.07, 6.45) is 3.17. The first-order valence-corrected chi connectivity index (χ1v) is 11.9. The molecule has 1 aliphatic rings. The van der Waals surface area contributed by atoms with Crippen molar-refractivity contribution in [1.82, 2.24) is 20.0 Å². The van der Waals surface area contributed by atoms with Crippen molar-refractivity contribution >= 4 is 11.8 Å². The van der Waals surface area contributed by atoms with E-state index < -0.39 is 0 Å². The van der Waals surface area contributed by atoms with E-state index in [1.165, 1.54) is 0 Å². The highest BCUT2D eigenvalue weighted by molar-refractivity contribution is 5.99. The summed E-state index contributed by atoms with van der Waals surface area (Å²) in [5.74, 6) is 1.19. The highest BCUT2D eigenvalue weighted by atomic mass is 16.3. The largest absolute Gasteiger partial charge is 0.460 e. The first kappa shape index (κ1) is 22.7. The van der Waals surface area contributed by atoms with Crippen LogP contribution in [0.5, 0.6) is 0 Å². The lowest BCUT2D eigenvalue weighted by molar-refractivity contribution is 0.0698. The second kappa shape index (κ2) is 9.62. The Morgan fingerprint density at radius 3 is 2.31 bits per heavy atom. The number of likely N-dealkylation sites (tertiary alicyclic amines) is 1. The number of para-hydroxylation sites is 1. The Hall–Kier alpha value is -4.13. The average Bonchev–Trinajstić information content (AvgIpc) is 3.51. The zero-order valence-corrected chi connectivity index (χ0v) is 19.9. The summed E-state index contributed by atoms with van der Waals surface area (Å²) in [5.41, 5.74) is 3.55. The molecule has 178 valence electrons. The molecule has 1 N–H and O–H groups in total. The number of rotatable bonds is 5. The maximum Gasteiger partial charge on any atom is 0.257 e. The highest BCUT2D eigenvalue weighted by Crippen LogP contribution is 2.27. The summed E-state index contributed by atoms with van der Waals surface area (Å²) in [6, 6.07) is 21.0.